The number of likely N-dealkylation sites (tertiary alicyclic amines) is 1. The SMILES string of the molecule is Cc1cc(O)c(CN2C[C@H]3C[C@@H](C2)c2cccc(=O)n2C3)c2c1C(=O)/C(=C/c1cccs1)O2. The van der Waals surface area contributed by atoms with E-state index in [0.717, 1.165) is 42.2 Å². The summed E-state index contributed by atoms with van der Waals surface area (Å²) in [7, 11) is 0. The molecule has 5 heterocycles. The van der Waals surface area contributed by atoms with Gasteiger partial charge in [0.15, 0.2) is 5.76 Å². The van der Waals surface area contributed by atoms with Crippen LogP contribution in [0.25, 0.3) is 6.08 Å². The van der Waals surface area contributed by atoms with E-state index in [9.17, 15) is 14.7 Å². The van der Waals surface area contributed by atoms with Crippen LogP contribution in [0.4, 0.5) is 0 Å². The number of hydrogen-bond donors (Lipinski definition) is 1. The van der Waals surface area contributed by atoms with Gasteiger partial charge in [-0.25, -0.2) is 0 Å². The van der Waals surface area contributed by atoms with Crippen LogP contribution in [0.2, 0.25) is 0 Å². The zero-order valence-electron chi connectivity index (χ0n) is 18.3. The number of ether oxygens (including phenoxy) is 1. The molecule has 0 spiro atoms. The minimum absolute atomic E-state index is 0.0709. The second-order valence-electron chi connectivity index (χ2n) is 9.24. The largest absolute Gasteiger partial charge is 0.507 e. The predicted molar refractivity (Wildman–Crippen MR) is 127 cm³/mol. The smallest absolute Gasteiger partial charge is 0.250 e. The Hall–Kier alpha value is -3.16. The summed E-state index contributed by atoms with van der Waals surface area (Å²) in [6.45, 7) is 4.69. The first kappa shape index (κ1) is 20.4. The standard InChI is InChI=1S/C26H24N2O4S/c1-15-8-21(29)19(26-24(15)25(31)22(32-26)10-18-4-3-7-33-18)14-27-11-16-9-17(13-27)20-5-2-6-23(30)28(20)12-16/h2-8,10,16-17,29H,9,11-14H2,1H3/b22-10-/t16-,17+/m1/s1. The number of rotatable bonds is 3. The Balaban J connectivity index is 1.32. The lowest BCUT2D eigenvalue weighted by molar-refractivity contribution is 0.101. The molecule has 0 unspecified atom stereocenters. The number of thiophene rings is 1. The number of carbonyl (C=O) groups excluding carboxylic acids is 1. The molecule has 3 aromatic rings. The Labute approximate surface area is 195 Å². The molecule has 2 bridgehead atoms. The van der Waals surface area contributed by atoms with Crippen LogP contribution in [-0.2, 0) is 13.1 Å². The van der Waals surface area contributed by atoms with E-state index in [2.05, 4.69) is 11.0 Å². The van der Waals surface area contributed by atoms with Gasteiger partial charge in [-0.3, -0.25) is 14.5 Å². The number of fused-ring (bicyclic) bond motifs is 5. The highest BCUT2D eigenvalue weighted by molar-refractivity contribution is 7.10. The summed E-state index contributed by atoms with van der Waals surface area (Å²) in [5.74, 6) is 1.46. The normalized spacial score (nSPS) is 22.8. The molecular formula is C26H24N2O4S. The Bertz CT molecular complexity index is 1360. The van der Waals surface area contributed by atoms with Crippen LogP contribution in [0, 0.1) is 12.8 Å². The number of aromatic hydroxyl groups is 1. The molecule has 0 radical (unpaired) electrons. The van der Waals surface area contributed by atoms with Crippen molar-refractivity contribution in [1.82, 2.24) is 9.47 Å². The lowest BCUT2D eigenvalue weighted by Crippen LogP contribution is -2.46. The maximum atomic E-state index is 13.1. The average Bonchev–Trinajstić information content (AvgIpc) is 3.40. The molecule has 0 amide bonds. The second kappa shape index (κ2) is 7.71. The van der Waals surface area contributed by atoms with Crippen molar-refractivity contribution in [1.29, 1.82) is 0 Å². The third-order valence-electron chi connectivity index (χ3n) is 6.97. The molecule has 3 aliphatic heterocycles. The molecule has 1 fully saturated rings. The zero-order chi connectivity index (χ0) is 22.7. The minimum Gasteiger partial charge on any atom is -0.507 e. The van der Waals surface area contributed by atoms with Gasteiger partial charge in [-0.05, 0) is 48.4 Å². The van der Waals surface area contributed by atoms with E-state index in [-0.39, 0.29) is 23.0 Å². The van der Waals surface area contributed by atoms with Crippen molar-refractivity contribution >= 4 is 23.2 Å². The highest BCUT2D eigenvalue weighted by Crippen LogP contribution is 2.44. The van der Waals surface area contributed by atoms with E-state index in [1.165, 1.54) is 0 Å². The summed E-state index contributed by atoms with van der Waals surface area (Å²) >= 11 is 1.54. The molecule has 1 saturated heterocycles. The van der Waals surface area contributed by atoms with Crippen molar-refractivity contribution in [3.8, 4) is 11.5 Å². The van der Waals surface area contributed by atoms with Crippen molar-refractivity contribution < 1.29 is 14.6 Å². The van der Waals surface area contributed by atoms with Crippen molar-refractivity contribution in [2.45, 2.75) is 32.4 Å². The Morgan fingerprint density at radius 3 is 2.88 bits per heavy atom. The van der Waals surface area contributed by atoms with Crippen molar-refractivity contribution in [3.63, 3.8) is 0 Å². The molecule has 33 heavy (non-hydrogen) atoms. The van der Waals surface area contributed by atoms with Gasteiger partial charge in [0.25, 0.3) is 5.56 Å². The van der Waals surface area contributed by atoms with E-state index < -0.39 is 0 Å². The number of allylic oxidation sites excluding steroid dienone is 1. The summed E-state index contributed by atoms with van der Waals surface area (Å²) in [5, 5.41) is 12.8. The summed E-state index contributed by atoms with van der Waals surface area (Å²) in [5.41, 5.74) is 3.08. The van der Waals surface area contributed by atoms with Crippen LogP contribution < -0.4 is 10.3 Å². The molecule has 3 aliphatic rings. The summed E-state index contributed by atoms with van der Waals surface area (Å²) < 4.78 is 8.00. The topological polar surface area (TPSA) is 71.8 Å². The monoisotopic (exact) mass is 460 g/mol. The number of phenolic OH excluding ortho intramolecular Hbond substituents is 1. The van der Waals surface area contributed by atoms with Gasteiger partial charge in [0, 0.05) is 54.8 Å². The molecule has 0 saturated carbocycles. The molecule has 0 aliphatic carbocycles. The van der Waals surface area contributed by atoms with Crippen molar-refractivity contribution in [2.24, 2.45) is 5.92 Å². The second-order valence-corrected chi connectivity index (χ2v) is 10.2. The van der Waals surface area contributed by atoms with Crippen LogP contribution in [0.3, 0.4) is 0 Å². The number of aromatic nitrogens is 1. The molecule has 2 aromatic heterocycles. The quantitative estimate of drug-likeness (QED) is 0.595. The number of ketones is 1. The summed E-state index contributed by atoms with van der Waals surface area (Å²) in [4.78, 5) is 28.7. The summed E-state index contributed by atoms with van der Waals surface area (Å²) in [6.07, 6.45) is 2.84. The number of phenols is 1. The third kappa shape index (κ3) is 3.43. The molecule has 6 rings (SSSR count). The maximum absolute atomic E-state index is 13.1. The number of aryl methyl sites for hydroxylation is 1. The Morgan fingerprint density at radius 1 is 1.18 bits per heavy atom. The fraction of sp³-hybridized carbons (Fsp3) is 0.308. The van der Waals surface area contributed by atoms with Gasteiger partial charge in [0.05, 0.1) is 11.1 Å². The first-order chi connectivity index (χ1) is 16.0. The van der Waals surface area contributed by atoms with Gasteiger partial charge in [0.2, 0.25) is 5.78 Å². The molecule has 1 aromatic carbocycles. The fourth-order valence-electron chi connectivity index (χ4n) is 5.58. The number of pyridine rings is 1. The lowest BCUT2D eigenvalue weighted by atomic mass is 9.83. The fourth-order valence-corrected chi connectivity index (χ4v) is 6.23. The zero-order valence-corrected chi connectivity index (χ0v) is 19.1. The van der Waals surface area contributed by atoms with Gasteiger partial charge >= 0.3 is 0 Å². The van der Waals surface area contributed by atoms with Gasteiger partial charge in [-0.15, -0.1) is 11.3 Å². The van der Waals surface area contributed by atoms with Crippen molar-refractivity contribution in [3.05, 3.63) is 85.2 Å². The van der Waals surface area contributed by atoms with E-state index in [1.807, 2.05) is 35.1 Å². The summed E-state index contributed by atoms with van der Waals surface area (Å²) in [6, 6.07) is 11.1. The van der Waals surface area contributed by atoms with Gasteiger partial charge in [-0.2, -0.15) is 0 Å². The van der Waals surface area contributed by atoms with Crippen LogP contribution in [0.5, 0.6) is 11.5 Å². The number of benzene rings is 1. The highest BCUT2D eigenvalue weighted by Gasteiger charge is 2.37. The average molecular weight is 461 g/mol. The third-order valence-corrected chi connectivity index (χ3v) is 7.79. The molecule has 168 valence electrons. The van der Waals surface area contributed by atoms with Crippen LogP contribution in [-0.4, -0.2) is 33.4 Å². The first-order valence-electron chi connectivity index (χ1n) is 11.2. The van der Waals surface area contributed by atoms with Gasteiger partial charge < -0.3 is 14.4 Å². The van der Waals surface area contributed by atoms with E-state index >= 15 is 0 Å². The lowest BCUT2D eigenvalue weighted by Gasteiger charge is -2.43. The van der Waals surface area contributed by atoms with Crippen molar-refractivity contribution in [2.75, 3.05) is 13.1 Å². The van der Waals surface area contributed by atoms with Gasteiger partial charge in [-0.1, -0.05) is 12.1 Å². The predicted octanol–water partition coefficient (Wildman–Crippen LogP) is 4.16. The molecule has 2 atom stereocenters. The Morgan fingerprint density at radius 2 is 2.06 bits per heavy atom. The molecular weight excluding hydrogens is 436 g/mol. The van der Waals surface area contributed by atoms with Crippen LogP contribution in [0.15, 0.2) is 52.3 Å². The minimum atomic E-state index is -0.138. The molecule has 7 heteroatoms. The number of hydrogen-bond acceptors (Lipinski definition) is 6. The number of piperidine rings is 1. The molecule has 1 N–H and O–H groups in total. The highest BCUT2D eigenvalue weighted by atomic mass is 32.1. The number of nitrogens with zero attached hydrogens (tertiary/aromatic N) is 2. The van der Waals surface area contributed by atoms with Crippen LogP contribution >= 0.6 is 11.3 Å². The van der Waals surface area contributed by atoms with E-state index in [0.29, 0.717) is 35.1 Å². The number of Topliss-reactive ketones (excluding diaryl/α,β-unsaturated/α-hetero) is 1. The maximum Gasteiger partial charge on any atom is 0.250 e. The van der Waals surface area contributed by atoms with Gasteiger partial charge in [0.1, 0.15) is 11.5 Å². The van der Waals surface area contributed by atoms with Crippen LogP contribution in [0.1, 0.15) is 44.4 Å². The Kier molecular flexibility index (Phi) is 4.78. The van der Waals surface area contributed by atoms with E-state index in [1.54, 1.807) is 29.5 Å². The first-order valence-corrected chi connectivity index (χ1v) is 12.1. The molecule has 6 nitrogen and oxygen atoms in total. The van der Waals surface area contributed by atoms with E-state index in [4.69, 9.17) is 4.74 Å². The number of carbonyl (C=O) groups is 1.